The van der Waals surface area contributed by atoms with Gasteiger partial charge in [0.2, 0.25) is 0 Å². The van der Waals surface area contributed by atoms with Crippen LogP contribution in [0.2, 0.25) is 0 Å². The minimum absolute atomic E-state index is 0.0214. The fourth-order valence-electron chi connectivity index (χ4n) is 1.68. The lowest BCUT2D eigenvalue weighted by Gasteiger charge is -2.30. The van der Waals surface area contributed by atoms with E-state index in [1.807, 2.05) is 23.5 Å². The first-order valence-corrected chi connectivity index (χ1v) is 6.66. The largest absolute Gasteiger partial charge is 0.461 e. The van der Waals surface area contributed by atoms with Crippen molar-refractivity contribution in [2.24, 2.45) is 5.92 Å². The molecule has 2 saturated heterocycles. The summed E-state index contributed by atoms with van der Waals surface area (Å²) in [5.41, 5.74) is 0. The monoisotopic (exact) mass is 218 g/mol. The predicted molar refractivity (Wildman–Crippen MR) is 57.0 cm³/mol. The SMILES string of the molecule is CC1(C)SCSCC2CC1OC2=O. The topological polar surface area (TPSA) is 26.3 Å². The van der Waals surface area contributed by atoms with Crippen LogP contribution in [0, 0.1) is 5.92 Å². The lowest BCUT2D eigenvalue weighted by atomic mass is 9.99. The van der Waals surface area contributed by atoms with Crippen LogP contribution in [0.5, 0.6) is 0 Å². The molecular formula is C9H14O2S2. The third-order valence-corrected chi connectivity index (χ3v) is 5.48. The Kier molecular flexibility index (Phi) is 2.53. The summed E-state index contributed by atoms with van der Waals surface area (Å²) in [6.45, 7) is 4.34. The van der Waals surface area contributed by atoms with E-state index < -0.39 is 0 Å². The molecule has 2 unspecified atom stereocenters. The van der Waals surface area contributed by atoms with E-state index in [0.29, 0.717) is 0 Å². The average molecular weight is 218 g/mol. The zero-order chi connectivity index (χ0) is 9.47. The van der Waals surface area contributed by atoms with Crippen molar-refractivity contribution < 1.29 is 9.53 Å². The Morgan fingerprint density at radius 3 is 3.08 bits per heavy atom. The van der Waals surface area contributed by atoms with Crippen LogP contribution in [0.1, 0.15) is 20.3 Å². The summed E-state index contributed by atoms with van der Waals surface area (Å²) in [5.74, 6) is 1.13. The molecule has 0 aromatic carbocycles. The normalized spacial score (nSPS) is 37.8. The smallest absolute Gasteiger partial charge is 0.310 e. The van der Waals surface area contributed by atoms with Gasteiger partial charge in [-0.3, -0.25) is 4.79 Å². The van der Waals surface area contributed by atoms with Crippen LogP contribution in [0.15, 0.2) is 0 Å². The van der Waals surface area contributed by atoms with Crippen molar-refractivity contribution in [3.05, 3.63) is 0 Å². The van der Waals surface area contributed by atoms with Crippen molar-refractivity contribution in [3.63, 3.8) is 0 Å². The quantitative estimate of drug-likeness (QED) is 0.582. The Hall–Kier alpha value is 0.170. The molecule has 2 nitrogen and oxygen atoms in total. The van der Waals surface area contributed by atoms with Crippen LogP contribution < -0.4 is 0 Å². The van der Waals surface area contributed by atoms with Gasteiger partial charge in [-0.2, -0.15) is 11.8 Å². The van der Waals surface area contributed by atoms with E-state index in [0.717, 1.165) is 17.3 Å². The van der Waals surface area contributed by atoms with Gasteiger partial charge >= 0.3 is 5.97 Å². The molecule has 4 heteroatoms. The Morgan fingerprint density at radius 2 is 2.31 bits per heavy atom. The number of carbonyl (C=O) groups excluding carboxylic acids is 1. The Bertz CT molecular complexity index is 228. The van der Waals surface area contributed by atoms with Crippen molar-refractivity contribution in [1.29, 1.82) is 0 Å². The lowest BCUT2D eigenvalue weighted by molar-refractivity contribution is -0.144. The zero-order valence-corrected chi connectivity index (χ0v) is 9.54. The number of hydrogen-bond donors (Lipinski definition) is 0. The van der Waals surface area contributed by atoms with Crippen LogP contribution in [-0.4, -0.2) is 27.7 Å². The number of fused-ring (bicyclic) bond motifs is 2. The summed E-state index contributed by atoms with van der Waals surface area (Å²) in [5, 5.41) is 1.08. The van der Waals surface area contributed by atoms with Gasteiger partial charge in [0, 0.05) is 15.6 Å². The molecule has 0 N–H and O–H groups in total. The third kappa shape index (κ3) is 1.84. The molecule has 0 amide bonds. The highest BCUT2D eigenvalue weighted by Crippen LogP contribution is 2.42. The highest BCUT2D eigenvalue weighted by molar-refractivity contribution is 8.16. The maximum atomic E-state index is 11.4. The fourth-order valence-corrected chi connectivity index (χ4v) is 4.50. The van der Waals surface area contributed by atoms with E-state index in [1.54, 1.807) is 0 Å². The minimum atomic E-state index is 0.0214. The number of rotatable bonds is 0. The molecule has 0 spiro atoms. The van der Waals surface area contributed by atoms with Gasteiger partial charge in [0.25, 0.3) is 0 Å². The van der Waals surface area contributed by atoms with Gasteiger partial charge in [-0.25, -0.2) is 0 Å². The molecule has 74 valence electrons. The van der Waals surface area contributed by atoms with Gasteiger partial charge in [0.1, 0.15) is 6.10 Å². The van der Waals surface area contributed by atoms with Gasteiger partial charge in [-0.1, -0.05) is 0 Å². The molecule has 0 aromatic heterocycles. The van der Waals surface area contributed by atoms with Crippen molar-refractivity contribution in [2.75, 3.05) is 10.8 Å². The van der Waals surface area contributed by atoms with Crippen LogP contribution in [0.25, 0.3) is 0 Å². The molecule has 2 aliphatic rings. The summed E-state index contributed by atoms with van der Waals surface area (Å²) in [6, 6.07) is 0. The van der Waals surface area contributed by atoms with Crippen molar-refractivity contribution >= 4 is 29.5 Å². The Labute approximate surface area is 87.2 Å². The van der Waals surface area contributed by atoms with Gasteiger partial charge in [-0.05, 0) is 20.3 Å². The summed E-state index contributed by atoms with van der Waals surface area (Å²) in [4.78, 5) is 11.4. The molecule has 0 aliphatic carbocycles. The van der Waals surface area contributed by atoms with Crippen molar-refractivity contribution in [3.8, 4) is 0 Å². The second-order valence-corrected chi connectivity index (χ2v) is 7.12. The fraction of sp³-hybridized carbons (Fsp3) is 0.889. The maximum Gasteiger partial charge on any atom is 0.310 e. The summed E-state index contributed by atoms with van der Waals surface area (Å²) in [7, 11) is 0. The van der Waals surface area contributed by atoms with E-state index in [1.165, 1.54) is 0 Å². The molecule has 2 bridgehead atoms. The molecule has 2 atom stereocenters. The molecule has 0 saturated carbocycles. The molecule has 2 aliphatic heterocycles. The first kappa shape index (κ1) is 9.71. The number of thioether (sulfide) groups is 2. The number of ether oxygens (including phenoxy) is 1. The molecule has 2 fully saturated rings. The maximum absolute atomic E-state index is 11.4. The molecule has 0 radical (unpaired) electrons. The second kappa shape index (κ2) is 3.39. The second-order valence-electron chi connectivity index (χ2n) is 4.09. The Morgan fingerprint density at radius 1 is 1.54 bits per heavy atom. The number of carbonyl (C=O) groups is 1. The van der Waals surface area contributed by atoms with Gasteiger partial charge < -0.3 is 4.74 Å². The molecule has 2 heterocycles. The summed E-state index contributed by atoms with van der Waals surface area (Å²) >= 11 is 3.76. The molecular weight excluding hydrogens is 204 g/mol. The number of esters is 1. The van der Waals surface area contributed by atoms with E-state index >= 15 is 0 Å². The van der Waals surface area contributed by atoms with Gasteiger partial charge in [0.05, 0.1) is 5.92 Å². The van der Waals surface area contributed by atoms with Crippen LogP contribution in [0.4, 0.5) is 0 Å². The first-order chi connectivity index (χ1) is 6.09. The highest BCUT2D eigenvalue weighted by Gasteiger charge is 2.44. The molecule has 2 rings (SSSR count). The minimum Gasteiger partial charge on any atom is -0.461 e. The molecule has 13 heavy (non-hydrogen) atoms. The van der Waals surface area contributed by atoms with Crippen LogP contribution in [0.3, 0.4) is 0 Å². The van der Waals surface area contributed by atoms with Crippen LogP contribution >= 0.6 is 23.5 Å². The number of hydrogen-bond acceptors (Lipinski definition) is 4. The van der Waals surface area contributed by atoms with Crippen molar-refractivity contribution in [1.82, 2.24) is 0 Å². The van der Waals surface area contributed by atoms with E-state index in [-0.39, 0.29) is 22.7 Å². The highest BCUT2D eigenvalue weighted by atomic mass is 32.2. The van der Waals surface area contributed by atoms with E-state index in [9.17, 15) is 4.79 Å². The van der Waals surface area contributed by atoms with Crippen molar-refractivity contribution in [2.45, 2.75) is 31.1 Å². The first-order valence-electron chi connectivity index (χ1n) is 4.52. The zero-order valence-electron chi connectivity index (χ0n) is 7.91. The van der Waals surface area contributed by atoms with E-state index in [2.05, 4.69) is 13.8 Å². The summed E-state index contributed by atoms with van der Waals surface area (Å²) in [6.07, 6.45) is 1.06. The van der Waals surface area contributed by atoms with Gasteiger partial charge in [0.15, 0.2) is 0 Å². The lowest BCUT2D eigenvalue weighted by Crippen LogP contribution is -2.33. The van der Waals surface area contributed by atoms with E-state index in [4.69, 9.17) is 4.74 Å². The third-order valence-electron chi connectivity index (χ3n) is 2.70. The average Bonchev–Trinajstić information content (AvgIpc) is 2.41. The molecule has 0 aromatic rings. The van der Waals surface area contributed by atoms with Crippen LogP contribution in [-0.2, 0) is 9.53 Å². The predicted octanol–water partition coefficient (Wildman–Crippen LogP) is 2.13. The summed E-state index contributed by atoms with van der Waals surface area (Å²) < 4.78 is 5.48. The van der Waals surface area contributed by atoms with Gasteiger partial charge in [-0.15, -0.1) is 11.8 Å². The standard InChI is InChI=1S/C9H14O2S2/c1-9(2)7-3-6(8(10)11-7)4-12-5-13-9/h6-7H,3-5H2,1-2H3. The Balaban J connectivity index is 2.16.